The van der Waals surface area contributed by atoms with Crippen molar-refractivity contribution in [3.63, 3.8) is 0 Å². The molecule has 1 aliphatic heterocycles. The molecule has 1 saturated carbocycles. The molecule has 2 rings (SSSR count). The lowest BCUT2D eigenvalue weighted by molar-refractivity contribution is -0.0627. The minimum atomic E-state index is -0.644. The Bertz CT molecular complexity index is 375. The van der Waals surface area contributed by atoms with Gasteiger partial charge in [-0.1, -0.05) is 0 Å². The number of rotatable bonds is 4. The van der Waals surface area contributed by atoms with Crippen molar-refractivity contribution in [2.75, 3.05) is 19.8 Å². The Labute approximate surface area is 132 Å². The first-order valence-electron chi connectivity index (χ1n) is 8.29. The summed E-state index contributed by atoms with van der Waals surface area (Å²) in [5.74, 6) is 0. The number of alkyl carbamates (subject to hydrolysis) is 1. The van der Waals surface area contributed by atoms with E-state index in [0.29, 0.717) is 38.6 Å². The highest BCUT2D eigenvalue weighted by Crippen LogP contribution is 2.23. The maximum Gasteiger partial charge on any atom is 0.407 e. The van der Waals surface area contributed by atoms with E-state index in [-0.39, 0.29) is 12.1 Å². The summed E-state index contributed by atoms with van der Waals surface area (Å²) in [6.07, 6.45) is 3.86. The van der Waals surface area contributed by atoms with Crippen LogP contribution in [0.25, 0.3) is 0 Å². The summed E-state index contributed by atoms with van der Waals surface area (Å²) in [6.45, 7) is 7.44. The minimum absolute atomic E-state index is 0.150. The Hall–Kier alpha value is -0.850. The molecule has 2 atom stereocenters. The SMILES string of the molecule is CC(C)(C)OC(=O)NC1CCC(NCC2(O)CCOCC2)C1. The summed E-state index contributed by atoms with van der Waals surface area (Å²) in [6, 6.07) is 0.489. The van der Waals surface area contributed by atoms with E-state index in [2.05, 4.69) is 10.6 Å². The highest BCUT2D eigenvalue weighted by atomic mass is 16.6. The van der Waals surface area contributed by atoms with Crippen LogP contribution in [0.15, 0.2) is 0 Å². The summed E-state index contributed by atoms with van der Waals surface area (Å²) in [5, 5.41) is 16.8. The number of carbonyl (C=O) groups is 1. The van der Waals surface area contributed by atoms with Gasteiger partial charge in [0, 0.05) is 44.7 Å². The van der Waals surface area contributed by atoms with Gasteiger partial charge in [-0.2, -0.15) is 0 Å². The van der Waals surface area contributed by atoms with Crippen LogP contribution in [0.2, 0.25) is 0 Å². The lowest BCUT2D eigenvalue weighted by Gasteiger charge is -2.33. The molecule has 6 nitrogen and oxygen atoms in total. The minimum Gasteiger partial charge on any atom is -0.444 e. The van der Waals surface area contributed by atoms with Crippen LogP contribution in [0.5, 0.6) is 0 Å². The predicted octanol–water partition coefficient (Wildman–Crippen LogP) is 1.56. The first-order valence-corrected chi connectivity index (χ1v) is 8.29. The summed E-state index contributed by atoms with van der Waals surface area (Å²) >= 11 is 0. The molecule has 128 valence electrons. The average molecular weight is 314 g/mol. The van der Waals surface area contributed by atoms with Crippen molar-refractivity contribution in [3.05, 3.63) is 0 Å². The Morgan fingerprint density at radius 2 is 1.91 bits per heavy atom. The quantitative estimate of drug-likeness (QED) is 0.734. The molecule has 0 radical (unpaired) electrons. The van der Waals surface area contributed by atoms with Crippen molar-refractivity contribution in [1.29, 1.82) is 0 Å². The standard InChI is InChI=1S/C16H30N2O4/c1-15(2,3)22-14(19)18-13-5-4-12(10-13)17-11-16(20)6-8-21-9-7-16/h12-13,17,20H,4-11H2,1-3H3,(H,18,19). The van der Waals surface area contributed by atoms with Gasteiger partial charge in [0.2, 0.25) is 0 Å². The van der Waals surface area contributed by atoms with Gasteiger partial charge in [0.1, 0.15) is 5.60 Å². The second kappa shape index (κ2) is 7.15. The highest BCUT2D eigenvalue weighted by molar-refractivity contribution is 5.68. The van der Waals surface area contributed by atoms with Crippen molar-refractivity contribution in [3.8, 4) is 0 Å². The highest BCUT2D eigenvalue weighted by Gasteiger charge is 2.32. The van der Waals surface area contributed by atoms with Crippen molar-refractivity contribution in [2.24, 2.45) is 0 Å². The van der Waals surface area contributed by atoms with Crippen LogP contribution in [0, 0.1) is 0 Å². The number of aliphatic hydroxyl groups is 1. The first-order chi connectivity index (χ1) is 10.3. The van der Waals surface area contributed by atoms with Gasteiger partial charge < -0.3 is 25.2 Å². The molecular formula is C16H30N2O4. The fourth-order valence-corrected chi connectivity index (χ4v) is 3.03. The van der Waals surface area contributed by atoms with E-state index in [9.17, 15) is 9.90 Å². The van der Waals surface area contributed by atoms with Gasteiger partial charge in [-0.15, -0.1) is 0 Å². The Balaban J connectivity index is 1.68. The van der Waals surface area contributed by atoms with Crippen LogP contribution in [0.3, 0.4) is 0 Å². The summed E-state index contributed by atoms with van der Waals surface area (Å²) in [4.78, 5) is 11.8. The van der Waals surface area contributed by atoms with E-state index in [0.717, 1.165) is 19.3 Å². The zero-order valence-corrected chi connectivity index (χ0v) is 14.0. The normalized spacial score (nSPS) is 28.4. The second-order valence-corrected chi connectivity index (χ2v) is 7.57. The fraction of sp³-hybridized carbons (Fsp3) is 0.938. The summed E-state index contributed by atoms with van der Waals surface area (Å²) in [7, 11) is 0. The molecule has 1 aliphatic carbocycles. The van der Waals surface area contributed by atoms with E-state index in [1.165, 1.54) is 0 Å². The van der Waals surface area contributed by atoms with E-state index in [1.54, 1.807) is 0 Å². The maximum absolute atomic E-state index is 11.8. The first kappa shape index (κ1) is 17.5. The lowest BCUT2D eigenvalue weighted by Crippen LogP contribution is -2.47. The fourth-order valence-electron chi connectivity index (χ4n) is 3.03. The van der Waals surface area contributed by atoms with Gasteiger partial charge in [-0.3, -0.25) is 0 Å². The molecule has 2 fully saturated rings. The monoisotopic (exact) mass is 314 g/mol. The topological polar surface area (TPSA) is 79.8 Å². The van der Waals surface area contributed by atoms with Crippen LogP contribution < -0.4 is 10.6 Å². The van der Waals surface area contributed by atoms with Gasteiger partial charge in [-0.25, -0.2) is 4.79 Å². The molecule has 0 aromatic carbocycles. The second-order valence-electron chi connectivity index (χ2n) is 7.57. The predicted molar refractivity (Wildman–Crippen MR) is 83.8 cm³/mol. The van der Waals surface area contributed by atoms with E-state index in [1.807, 2.05) is 20.8 Å². The number of hydrogen-bond acceptors (Lipinski definition) is 5. The number of amides is 1. The van der Waals surface area contributed by atoms with Crippen molar-refractivity contribution in [1.82, 2.24) is 10.6 Å². The maximum atomic E-state index is 11.8. The van der Waals surface area contributed by atoms with E-state index >= 15 is 0 Å². The third-order valence-corrected chi connectivity index (χ3v) is 4.30. The van der Waals surface area contributed by atoms with Gasteiger partial charge in [0.05, 0.1) is 5.60 Å². The van der Waals surface area contributed by atoms with Crippen LogP contribution in [0.4, 0.5) is 4.79 Å². The molecule has 1 heterocycles. The molecule has 6 heteroatoms. The van der Waals surface area contributed by atoms with Crippen LogP contribution >= 0.6 is 0 Å². The third kappa shape index (κ3) is 5.74. The number of carbonyl (C=O) groups excluding carboxylic acids is 1. The number of nitrogens with one attached hydrogen (secondary N) is 2. The molecule has 22 heavy (non-hydrogen) atoms. The zero-order chi connectivity index (χ0) is 16.2. The van der Waals surface area contributed by atoms with Crippen molar-refractivity contribution < 1.29 is 19.4 Å². The molecular weight excluding hydrogens is 284 g/mol. The van der Waals surface area contributed by atoms with Crippen LogP contribution in [-0.2, 0) is 9.47 Å². The van der Waals surface area contributed by atoms with Crippen LogP contribution in [-0.4, -0.2) is 54.2 Å². The van der Waals surface area contributed by atoms with Gasteiger partial charge >= 0.3 is 6.09 Å². The van der Waals surface area contributed by atoms with Gasteiger partial charge in [0.15, 0.2) is 0 Å². The average Bonchev–Trinajstić information content (AvgIpc) is 2.83. The molecule has 1 amide bonds. The Morgan fingerprint density at radius 1 is 1.27 bits per heavy atom. The van der Waals surface area contributed by atoms with E-state index < -0.39 is 11.2 Å². The van der Waals surface area contributed by atoms with Crippen molar-refractivity contribution in [2.45, 2.75) is 76.2 Å². The molecule has 0 spiro atoms. The number of hydrogen-bond donors (Lipinski definition) is 3. The van der Waals surface area contributed by atoms with Gasteiger partial charge in [0.25, 0.3) is 0 Å². The Kier molecular flexibility index (Phi) is 5.69. The summed E-state index contributed by atoms with van der Waals surface area (Å²) in [5.41, 5.74) is -1.11. The molecule has 0 bridgehead atoms. The van der Waals surface area contributed by atoms with Crippen molar-refractivity contribution >= 4 is 6.09 Å². The smallest absolute Gasteiger partial charge is 0.407 e. The summed E-state index contributed by atoms with van der Waals surface area (Å²) < 4.78 is 10.6. The molecule has 3 N–H and O–H groups in total. The Morgan fingerprint density at radius 3 is 2.55 bits per heavy atom. The molecule has 2 unspecified atom stereocenters. The van der Waals surface area contributed by atoms with Gasteiger partial charge in [-0.05, 0) is 40.0 Å². The molecule has 1 saturated heterocycles. The van der Waals surface area contributed by atoms with Crippen LogP contribution in [0.1, 0.15) is 52.9 Å². The zero-order valence-electron chi connectivity index (χ0n) is 14.0. The third-order valence-electron chi connectivity index (χ3n) is 4.30. The van der Waals surface area contributed by atoms with E-state index in [4.69, 9.17) is 9.47 Å². The lowest BCUT2D eigenvalue weighted by atomic mass is 9.94. The molecule has 2 aliphatic rings. The molecule has 0 aromatic rings. The molecule has 0 aromatic heterocycles. The number of ether oxygens (including phenoxy) is 2. The largest absolute Gasteiger partial charge is 0.444 e.